The minimum atomic E-state index is -0.245. The van der Waals surface area contributed by atoms with E-state index in [2.05, 4.69) is 160 Å². The zero-order valence-electron chi connectivity index (χ0n) is 37.0. The van der Waals surface area contributed by atoms with Crippen molar-refractivity contribution in [2.75, 3.05) is 11.5 Å². The van der Waals surface area contributed by atoms with E-state index >= 15 is 0 Å². The number of hydrogen-bond acceptors (Lipinski definition) is 5. The molecule has 0 amide bonds. The maximum absolute atomic E-state index is 6.93. The normalized spacial score (nSPS) is 18.9. The third-order valence-corrected chi connectivity index (χ3v) is 13.0. The topological polar surface area (TPSA) is 47.0 Å². The Balaban J connectivity index is 0.00000528. The third-order valence-electron chi connectivity index (χ3n) is 13.0. The van der Waals surface area contributed by atoms with Crippen LogP contribution in [0.2, 0.25) is 0 Å². The fourth-order valence-electron chi connectivity index (χ4n) is 9.55. The predicted molar refractivity (Wildman–Crippen MR) is 240 cm³/mol. The quantitative estimate of drug-likeness (QED) is 0.145. The smallest absolute Gasteiger partial charge is 0.518 e. The first kappa shape index (κ1) is 42.9. The Bertz CT molecular complexity index is 2360. The van der Waals surface area contributed by atoms with Crippen LogP contribution in [0.4, 0.5) is 17.2 Å². The first-order valence-electron chi connectivity index (χ1n) is 21.6. The summed E-state index contributed by atoms with van der Waals surface area (Å²) < 4.78 is 13.5. The minimum absolute atomic E-state index is 0. The van der Waals surface area contributed by atoms with Crippen molar-refractivity contribution in [3.05, 3.63) is 130 Å². The van der Waals surface area contributed by atoms with Crippen LogP contribution < -0.4 is 9.64 Å². The van der Waals surface area contributed by atoms with Crippen molar-refractivity contribution in [2.45, 2.75) is 136 Å². The second-order valence-corrected chi connectivity index (χ2v) is 19.5. The number of rotatable bonds is 8. The molecule has 0 unspecified atom stereocenters. The first-order chi connectivity index (χ1) is 27.5. The van der Waals surface area contributed by atoms with Gasteiger partial charge in [-0.1, -0.05) is 154 Å². The molecule has 0 saturated heterocycles. The van der Waals surface area contributed by atoms with Crippen molar-refractivity contribution in [1.82, 2.24) is 4.98 Å². The Labute approximate surface area is 368 Å². The number of aryl methyl sites for hydroxylation is 1. The molecule has 4 aromatic carbocycles. The largest absolute Gasteiger partial charge is 2.00 e. The molecule has 5 nitrogen and oxygen atoms in total. The first-order valence-corrected chi connectivity index (χ1v) is 21.6. The zero-order chi connectivity index (χ0) is 41.1. The SMILES string of the molecule is Cc1cc(Oc2[c-]c(C3=N[C@](C)(C4CCCCC4)CO3)cc(-c3c(C(C)C)cccc3C(C)C)c2)[c-]c(N2c3ccc(C(C)(C)C)cc3C(C)(C)c3cccnc32)c1.[Pt+2]. The van der Waals surface area contributed by atoms with E-state index in [4.69, 9.17) is 19.5 Å². The van der Waals surface area contributed by atoms with E-state index in [1.54, 1.807) is 0 Å². The van der Waals surface area contributed by atoms with Crippen LogP contribution in [0.1, 0.15) is 152 Å². The fraction of sp³-hybridized carbons (Fsp3) is 0.434. The van der Waals surface area contributed by atoms with Gasteiger partial charge in [0.05, 0.1) is 5.54 Å². The summed E-state index contributed by atoms with van der Waals surface area (Å²) in [6.07, 6.45) is 8.15. The average Bonchev–Trinajstić information content (AvgIpc) is 3.60. The average molecular weight is 967 g/mol. The number of aromatic nitrogens is 1. The number of pyridine rings is 1. The van der Waals surface area contributed by atoms with Gasteiger partial charge in [0.1, 0.15) is 18.3 Å². The van der Waals surface area contributed by atoms with Crippen molar-refractivity contribution in [2.24, 2.45) is 10.9 Å². The van der Waals surface area contributed by atoms with Crippen LogP contribution in [-0.2, 0) is 36.6 Å². The molecule has 2 aliphatic heterocycles. The van der Waals surface area contributed by atoms with Crippen molar-refractivity contribution < 1.29 is 30.5 Å². The molecule has 1 aliphatic carbocycles. The van der Waals surface area contributed by atoms with Gasteiger partial charge in [-0.2, -0.15) is 5.56 Å². The molecule has 0 N–H and O–H groups in total. The van der Waals surface area contributed by atoms with Gasteiger partial charge in [-0.3, -0.25) is 4.99 Å². The van der Waals surface area contributed by atoms with Gasteiger partial charge in [-0.05, 0) is 82.9 Å². The number of benzene rings is 4. The monoisotopic (exact) mass is 966 g/mol. The van der Waals surface area contributed by atoms with Crippen LogP contribution in [-0.4, -0.2) is 23.0 Å². The molecule has 0 bridgehead atoms. The van der Waals surface area contributed by atoms with Crippen molar-refractivity contribution in [3.8, 4) is 22.6 Å². The summed E-state index contributed by atoms with van der Waals surface area (Å²) in [6, 6.07) is 33.8. The van der Waals surface area contributed by atoms with Gasteiger partial charge < -0.3 is 14.4 Å². The Morgan fingerprint density at radius 3 is 2.19 bits per heavy atom. The number of hydrogen-bond donors (Lipinski definition) is 0. The molecule has 59 heavy (non-hydrogen) atoms. The minimum Gasteiger partial charge on any atom is -0.518 e. The fourth-order valence-corrected chi connectivity index (χ4v) is 9.55. The summed E-state index contributed by atoms with van der Waals surface area (Å²) in [5.41, 5.74) is 12.1. The van der Waals surface area contributed by atoms with Gasteiger partial charge >= 0.3 is 21.1 Å². The molecule has 1 atom stereocenters. The molecule has 1 aromatic heterocycles. The molecule has 310 valence electrons. The van der Waals surface area contributed by atoms with Gasteiger partial charge in [-0.25, -0.2) is 4.98 Å². The maximum Gasteiger partial charge on any atom is 2.00 e. The van der Waals surface area contributed by atoms with E-state index < -0.39 is 0 Å². The Hall–Kier alpha value is -4.21. The third kappa shape index (κ3) is 8.18. The van der Waals surface area contributed by atoms with Crippen LogP contribution in [0.5, 0.6) is 11.5 Å². The van der Waals surface area contributed by atoms with E-state index in [1.807, 2.05) is 12.3 Å². The molecular formula is C53H61N3O2Pt. The van der Waals surface area contributed by atoms with Crippen LogP contribution in [0, 0.1) is 25.0 Å². The van der Waals surface area contributed by atoms with Gasteiger partial charge in [0.25, 0.3) is 0 Å². The Kier molecular flexibility index (Phi) is 11.9. The Morgan fingerprint density at radius 2 is 1.51 bits per heavy atom. The van der Waals surface area contributed by atoms with Gasteiger partial charge in [-0.15, -0.1) is 24.3 Å². The summed E-state index contributed by atoms with van der Waals surface area (Å²) >= 11 is 0. The van der Waals surface area contributed by atoms with Crippen molar-refractivity contribution >= 4 is 23.1 Å². The molecule has 3 aliphatic rings. The molecular weight excluding hydrogens is 906 g/mol. The number of fused-ring (bicyclic) bond motifs is 2. The molecule has 0 radical (unpaired) electrons. The molecule has 6 heteroatoms. The number of anilines is 3. The molecule has 3 heterocycles. The zero-order valence-corrected chi connectivity index (χ0v) is 39.2. The summed E-state index contributed by atoms with van der Waals surface area (Å²) in [5.74, 6) is 3.99. The van der Waals surface area contributed by atoms with E-state index in [-0.39, 0.29) is 37.4 Å². The standard InChI is InChI=1S/C53H61N3O2.Pt/c1-33(2)43-19-15-20-44(34(3)4)48(43)36-27-37(50-55-53(11,32-57-50)38-17-13-12-14-18-38)29-42(28-36)58-41-26-35(5)25-40(31-41)56-47-23-22-39(51(6,7)8)30-46(47)52(9,10)45-21-16-24-54-49(45)56;/h15-16,19-28,30,33-34,38H,12-14,17-18,32H2,1-11H3;/q-2;+2/t53-;/m0./s1. The van der Waals surface area contributed by atoms with Crippen molar-refractivity contribution in [3.63, 3.8) is 0 Å². The molecule has 5 aromatic rings. The van der Waals surface area contributed by atoms with E-state index in [1.165, 1.54) is 65.5 Å². The van der Waals surface area contributed by atoms with Crippen LogP contribution in [0.3, 0.4) is 0 Å². The maximum atomic E-state index is 6.93. The van der Waals surface area contributed by atoms with Crippen LogP contribution in [0.15, 0.2) is 84.0 Å². The van der Waals surface area contributed by atoms with Crippen LogP contribution in [0.25, 0.3) is 11.1 Å². The number of nitrogens with zero attached hydrogens (tertiary/aromatic N) is 3. The number of aliphatic imine (C=N–C) groups is 1. The summed E-state index contributed by atoms with van der Waals surface area (Å²) in [7, 11) is 0. The molecule has 8 rings (SSSR count). The second-order valence-electron chi connectivity index (χ2n) is 19.5. The second kappa shape index (κ2) is 16.3. The predicted octanol–water partition coefficient (Wildman–Crippen LogP) is 14.2. The number of ether oxygens (including phenoxy) is 2. The van der Waals surface area contributed by atoms with Crippen LogP contribution >= 0.6 is 0 Å². The summed E-state index contributed by atoms with van der Waals surface area (Å²) in [6.45, 7) is 25.5. The summed E-state index contributed by atoms with van der Waals surface area (Å²) in [4.78, 5) is 12.6. The van der Waals surface area contributed by atoms with Crippen molar-refractivity contribution in [1.29, 1.82) is 0 Å². The van der Waals surface area contributed by atoms with E-state index in [0.29, 0.717) is 41.8 Å². The molecule has 1 fully saturated rings. The Morgan fingerprint density at radius 1 is 0.814 bits per heavy atom. The summed E-state index contributed by atoms with van der Waals surface area (Å²) in [5, 5.41) is 0. The molecule has 0 spiro atoms. The van der Waals surface area contributed by atoms with E-state index in [9.17, 15) is 0 Å². The van der Waals surface area contributed by atoms with Gasteiger partial charge in [0.15, 0.2) is 0 Å². The molecule has 1 saturated carbocycles. The van der Waals surface area contributed by atoms with Gasteiger partial charge in [0, 0.05) is 34.4 Å². The van der Waals surface area contributed by atoms with E-state index in [0.717, 1.165) is 33.9 Å². The van der Waals surface area contributed by atoms with Gasteiger partial charge in [0.2, 0.25) is 0 Å².